The zero-order valence-corrected chi connectivity index (χ0v) is 19.7. The third-order valence-electron chi connectivity index (χ3n) is 4.53. The molecule has 0 saturated heterocycles. The molecular formula is C25H32N4O3. The SMILES string of the molecule is CC.CCC(C)C(=O)O.CCC(C)c1nc(-c2ccc(C#Cc3ccncc3)cn2)no1. The first kappa shape index (κ1) is 26.5. The fourth-order valence-corrected chi connectivity index (χ4v) is 2.07. The number of aromatic nitrogens is 4. The van der Waals surface area contributed by atoms with E-state index in [1.54, 1.807) is 25.5 Å². The second-order valence-electron chi connectivity index (χ2n) is 6.83. The van der Waals surface area contributed by atoms with Gasteiger partial charge in [-0.3, -0.25) is 14.8 Å². The second kappa shape index (κ2) is 14.5. The molecule has 0 aliphatic rings. The molecular weight excluding hydrogens is 404 g/mol. The fourth-order valence-electron chi connectivity index (χ4n) is 2.07. The maximum atomic E-state index is 9.93. The van der Waals surface area contributed by atoms with E-state index in [0.29, 0.717) is 17.4 Å². The summed E-state index contributed by atoms with van der Waals surface area (Å²) >= 11 is 0. The summed E-state index contributed by atoms with van der Waals surface area (Å²) < 4.78 is 5.27. The van der Waals surface area contributed by atoms with E-state index in [9.17, 15) is 4.79 Å². The highest BCUT2D eigenvalue weighted by Crippen LogP contribution is 2.20. The summed E-state index contributed by atoms with van der Waals surface area (Å²) in [4.78, 5) is 22.6. The predicted octanol–water partition coefficient (Wildman–Crippen LogP) is 5.58. The molecule has 2 unspecified atom stereocenters. The Hall–Kier alpha value is -3.53. The van der Waals surface area contributed by atoms with Gasteiger partial charge in [0.1, 0.15) is 5.69 Å². The molecule has 0 fully saturated rings. The summed E-state index contributed by atoms with van der Waals surface area (Å²) in [5, 5.41) is 12.2. The van der Waals surface area contributed by atoms with Crippen molar-refractivity contribution in [2.45, 2.75) is 60.3 Å². The quantitative estimate of drug-likeness (QED) is 0.521. The maximum absolute atomic E-state index is 9.93. The van der Waals surface area contributed by atoms with Crippen LogP contribution in [0.2, 0.25) is 0 Å². The largest absolute Gasteiger partial charge is 0.481 e. The first-order valence-electron chi connectivity index (χ1n) is 10.9. The number of hydrogen-bond donors (Lipinski definition) is 1. The standard InChI is InChI=1S/C18H16N4O.C5H10O2.C2H6/c1-3-13(2)18-21-17(22-23-18)16-7-6-15(12-20-16)5-4-14-8-10-19-11-9-14;1-3-4(2)5(6)7;1-2/h6-13H,3H2,1-2H3;4H,3H2,1-2H3,(H,6,7);1-2H3. The normalized spacial score (nSPS) is 11.4. The van der Waals surface area contributed by atoms with Gasteiger partial charge in [-0.2, -0.15) is 4.98 Å². The van der Waals surface area contributed by atoms with Crippen LogP contribution in [0.3, 0.4) is 0 Å². The Labute approximate surface area is 190 Å². The number of aliphatic carboxylic acids is 1. The van der Waals surface area contributed by atoms with Gasteiger partial charge in [0.15, 0.2) is 0 Å². The van der Waals surface area contributed by atoms with Crippen LogP contribution in [-0.4, -0.2) is 31.2 Å². The van der Waals surface area contributed by atoms with Crippen LogP contribution < -0.4 is 0 Å². The Morgan fingerprint density at radius 1 is 1.03 bits per heavy atom. The van der Waals surface area contributed by atoms with Crippen LogP contribution in [0.25, 0.3) is 11.5 Å². The lowest BCUT2D eigenvalue weighted by atomic mass is 10.1. The molecule has 3 rings (SSSR count). The Bertz CT molecular complexity index is 989. The van der Waals surface area contributed by atoms with Gasteiger partial charge in [-0.15, -0.1) is 0 Å². The van der Waals surface area contributed by atoms with Gasteiger partial charge >= 0.3 is 5.97 Å². The van der Waals surface area contributed by atoms with E-state index in [0.717, 1.165) is 24.0 Å². The summed E-state index contributed by atoms with van der Waals surface area (Å²) in [7, 11) is 0. The maximum Gasteiger partial charge on any atom is 0.306 e. The number of carbonyl (C=O) groups is 1. The van der Waals surface area contributed by atoms with Crippen molar-refractivity contribution in [3.63, 3.8) is 0 Å². The monoisotopic (exact) mass is 436 g/mol. The highest BCUT2D eigenvalue weighted by molar-refractivity contribution is 5.69. The van der Waals surface area contributed by atoms with Crippen LogP contribution in [0.5, 0.6) is 0 Å². The third-order valence-corrected chi connectivity index (χ3v) is 4.53. The van der Waals surface area contributed by atoms with Gasteiger partial charge in [0.25, 0.3) is 0 Å². The Morgan fingerprint density at radius 3 is 2.19 bits per heavy atom. The summed E-state index contributed by atoms with van der Waals surface area (Å²) in [6, 6.07) is 7.48. The molecule has 0 aromatic carbocycles. The van der Waals surface area contributed by atoms with Gasteiger partial charge in [-0.25, -0.2) is 0 Å². The number of carboxylic acid groups (broad SMARTS) is 1. The molecule has 1 N–H and O–H groups in total. The van der Waals surface area contributed by atoms with Crippen molar-refractivity contribution in [1.29, 1.82) is 0 Å². The highest BCUT2D eigenvalue weighted by Gasteiger charge is 2.14. The molecule has 3 heterocycles. The summed E-state index contributed by atoms with van der Waals surface area (Å²) in [5.41, 5.74) is 2.43. The first-order valence-corrected chi connectivity index (χ1v) is 10.9. The van der Waals surface area contributed by atoms with E-state index in [1.807, 2.05) is 45.0 Å². The lowest BCUT2D eigenvalue weighted by molar-refractivity contribution is -0.141. The highest BCUT2D eigenvalue weighted by atomic mass is 16.5. The molecule has 0 aliphatic heterocycles. The van der Waals surface area contributed by atoms with E-state index in [2.05, 4.69) is 45.8 Å². The van der Waals surface area contributed by atoms with Crippen LogP contribution in [0.1, 0.15) is 77.3 Å². The number of nitrogens with zero attached hydrogens (tertiary/aromatic N) is 4. The minimum absolute atomic E-state index is 0.181. The zero-order valence-electron chi connectivity index (χ0n) is 19.7. The van der Waals surface area contributed by atoms with Gasteiger partial charge in [-0.1, -0.05) is 58.5 Å². The Balaban J connectivity index is 0.000000488. The van der Waals surface area contributed by atoms with Gasteiger partial charge in [0, 0.05) is 35.6 Å². The van der Waals surface area contributed by atoms with Crippen molar-refractivity contribution in [2.75, 3.05) is 0 Å². The molecule has 3 aromatic rings. The molecule has 7 nitrogen and oxygen atoms in total. The van der Waals surface area contributed by atoms with Crippen molar-refractivity contribution >= 4 is 5.97 Å². The molecule has 3 aromatic heterocycles. The third kappa shape index (κ3) is 8.68. The van der Waals surface area contributed by atoms with Crippen molar-refractivity contribution < 1.29 is 14.4 Å². The summed E-state index contributed by atoms with van der Waals surface area (Å²) in [6.07, 6.45) is 6.82. The molecule has 0 amide bonds. The molecule has 170 valence electrons. The lowest BCUT2D eigenvalue weighted by Crippen LogP contribution is -2.06. The van der Waals surface area contributed by atoms with E-state index in [-0.39, 0.29) is 11.8 Å². The Morgan fingerprint density at radius 2 is 1.69 bits per heavy atom. The zero-order chi connectivity index (χ0) is 23.9. The number of hydrogen-bond acceptors (Lipinski definition) is 6. The van der Waals surface area contributed by atoms with Crippen LogP contribution in [0, 0.1) is 17.8 Å². The number of carboxylic acids is 1. The minimum atomic E-state index is -0.706. The molecule has 0 aliphatic carbocycles. The predicted molar refractivity (Wildman–Crippen MR) is 125 cm³/mol. The average molecular weight is 437 g/mol. The van der Waals surface area contributed by atoms with Gasteiger partial charge in [-0.05, 0) is 37.1 Å². The fraction of sp³-hybridized carbons (Fsp3) is 0.400. The van der Waals surface area contributed by atoms with Crippen molar-refractivity contribution in [1.82, 2.24) is 20.1 Å². The van der Waals surface area contributed by atoms with E-state index in [4.69, 9.17) is 9.63 Å². The molecule has 0 saturated carbocycles. The van der Waals surface area contributed by atoms with Crippen LogP contribution >= 0.6 is 0 Å². The lowest BCUT2D eigenvalue weighted by Gasteiger charge is -1.98. The smallest absolute Gasteiger partial charge is 0.306 e. The summed E-state index contributed by atoms with van der Waals surface area (Å²) in [5.74, 6) is 6.65. The van der Waals surface area contributed by atoms with Crippen molar-refractivity contribution in [2.24, 2.45) is 5.92 Å². The van der Waals surface area contributed by atoms with Crippen LogP contribution in [0.4, 0.5) is 0 Å². The Kier molecular flexibility index (Phi) is 12.0. The van der Waals surface area contributed by atoms with Crippen LogP contribution in [-0.2, 0) is 4.79 Å². The summed E-state index contributed by atoms with van der Waals surface area (Å²) in [6.45, 7) is 11.7. The van der Waals surface area contributed by atoms with Gasteiger partial charge in [0.05, 0.1) is 5.92 Å². The second-order valence-corrected chi connectivity index (χ2v) is 6.83. The van der Waals surface area contributed by atoms with Gasteiger partial charge in [0.2, 0.25) is 11.7 Å². The molecule has 32 heavy (non-hydrogen) atoms. The molecule has 0 radical (unpaired) electrons. The average Bonchev–Trinajstić information content (AvgIpc) is 3.34. The van der Waals surface area contributed by atoms with Crippen molar-refractivity contribution in [3.05, 3.63) is 59.9 Å². The molecule has 0 spiro atoms. The topological polar surface area (TPSA) is 102 Å². The molecule has 0 bridgehead atoms. The van der Waals surface area contributed by atoms with E-state index < -0.39 is 5.97 Å². The minimum Gasteiger partial charge on any atom is -0.481 e. The van der Waals surface area contributed by atoms with E-state index >= 15 is 0 Å². The molecule has 7 heteroatoms. The number of pyridine rings is 2. The van der Waals surface area contributed by atoms with Gasteiger partial charge < -0.3 is 9.63 Å². The molecule has 2 atom stereocenters. The number of rotatable bonds is 5. The van der Waals surface area contributed by atoms with Crippen LogP contribution in [0.15, 0.2) is 47.4 Å². The van der Waals surface area contributed by atoms with E-state index in [1.165, 1.54) is 0 Å². The van der Waals surface area contributed by atoms with Crippen molar-refractivity contribution in [3.8, 4) is 23.4 Å². The first-order chi connectivity index (χ1) is 15.4.